The molecule has 0 aromatic heterocycles. The largest absolute Gasteiger partial charge is 0.469 e. The molecule has 0 aliphatic heterocycles. The molecule has 0 amide bonds. The Balaban J connectivity index is 0.00000109. The van der Waals surface area contributed by atoms with Crippen molar-refractivity contribution in [3.63, 3.8) is 0 Å². The van der Waals surface area contributed by atoms with Crippen molar-refractivity contribution in [1.29, 1.82) is 0 Å². The zero-order valence-corrected chi connectivity index (χ0v) is 19.4. The third-order valence-corrected chi connectivity index (χ3v) is 9.94. The van der Waals surface area contributed by atoms with Crippen LogP contribution in [-0.4, -0.2) is 13.1 Å². The average Bonchev–Trinajstić information content (AvgIpc) is 3.05. The molecule has 0 aromatic rings. The van der Waals surface area contributed by atoms with Crippen LogP contribution in [0.1, 0.15) is 111 Å². The molecule has 0 N–H and O–H groups in total. The fourth-order valence-electron chi connectivity index (χ4n) is 8.47. The minimum Gasteiger partial charge on any atom is -0.469 e. The van der Waals surface area contributed by atoms with Crippen molar-refractivity contribution < 1.29 is 9.53 Å². The summed E-state index contributed by atoms with van der Waals surface area (Å²) in [4.78, 5) is 11.5. The van der Waals surface area contributed by atoms with Gasteiger partial charge in [0, 0.05) is 6.42 Å². The maximum absolute atomic E-state index is 11.5. The Labute approximate surface area is 174 Å². The number of carbonyl (C=O) groups excluding carboxylic acids is 1. The van der Waals surface area contributed by atoms with Crippen LogP contribution in [0.5, 0.6) is 0 Å². The number of hydrogen-bond donors (Lipinski definition) is 0. The maximum Gasteiger partial charge on any atom is 0.305 e. The zero-order chi connectivity index (χ0) is 20.4. The summed E-state index contributed by atoms with van der Waals surface area (Å²) < 4.78 is 4.84. The highest BCUT2D eigenvalue weighted by Crippen LogP contribution is 2.67. The second-order valence-corrected chi connectivity index (χ2v) is 10.7. The predicted octanol–water partition coefficient (Wildman–Crippen LogP) is 7.40. The summed E-state index contributed by atoms with van der Waals surface area (Å²) in [6.45, 7) is 9.30. The molecule has 4 fully saturated rings. The lowest BCUT2D eigenvalue weighted by molar-refractivity contribution is -0.140. The van der Waals surface area contributed by atoms with Gasteiger partial charge < -0.3 is 4.74 Å². The average molecular weight is 391 g/mol. The number of esters is 1. The van der Waals surface area contributed by atoms with Crippen molar-refractivity contribution >= 4 is 5.97 Å². The highest BCUT2D eigenvalue weighted by Gasteiger charge is 2.59. The van der Waals surface area contributed by atoms with E-state index in [9.17, 15) is 4.79 Å². The summed E-state index contributed by atoms with van der Waals surface area (Å²) in [5.74, 6) is 4.81. The molecule has 4 unspecified atom stereocenters. The summed E-state index contributed by atoms with van der Waals surface area (Å²) in [6.07, 6.45) is 17.7. The van der Waals surface area contributed by atoms with Gasteiger partial charge in [-0.15, -0.1) is 0 Å². The summed E-state index contributed by atoms with van der Waals surface area (Å²) in [7, 11) is 1.51. The lowest BCUT2D eigenvalue weighted by atomic mass is 9.45. The second-order valence-electron chi connectivity index (χ2n) is 10.7. The molecule has 162 valence electrons. The first-order chi connectivity index (χ1) is 13.5. The van der Waals surface area contributed by atoms with Gasteiger partial charge in [0.25, 0.3) is 0 Å². The van der Waals surface area contributed by atoms with Gasteiger partial charge >= 0.3 is 5.97 Å². The highest BCUT2D eigenvalue weighted by atomic mass is 16.5. The Hall–Kier alpha value is -0.530. The van der Waals surface area contributed by atoms with E-state index in [0.717, 1.165) is 36.0 Å². The monoisotopic (exact) mass is 390 g/mol. The van der Waals surface area contributed by atoms with E-state index in [0.29, 0.717) is 17.3 Å². The number of methoxy groups -OCH3 is 1. The van der Waals surface area contributed by atoms with Crippen LogP contribution in [0.15, 0.2) is 0 Å². The quantitative estimate of drug-likeness (QED) is 0.467. The molecule has 0 aromatic carbocycles. The third-order valence-electron chi connectivity index (χ3n) is 9.94. The van der Waals surface area contributed by atoms with Gasteiger partial charge in [-0.25, -0.2) is 0 Å². The van der Waals surface area contributed by atoms with Gasteiger partial charge in [0.1, 0.15) is 0 Å². The van der Waals surface area contributed by atoms with E-state index >= 15 is 0 Å². The van der Waals surface area contributed by atoms with Gasteiger partial charge in [-0.1, -0.05) is 40.5 Å². The molecule has 7 atom stereocenters. The molecule has 0 heterocycles. The molecular formula is C26H46O2. The SMILES string of the molecule is CC.COC(=O)CCC[C@H]1CCC2C3CCC4CCCC[C@]4(C)C3CC[C@@]21C. The fourth-order valence-corrected chi connectivity index (χ4v) is 8.47. The van der Waals surface area contributed by atoms with Gasteiger partial charge in [-0.05, 0) is 105 Å². The maximum atomic E-state index is 11.5. The van der Waals surface area contributed by atoms with E-state index < -0.39 is 0 Å². The summed E-state index contributed by atoms with van der Waals surface area (Å²) in [6, 6.07) is 0. The van der Waals surface area contributed by atoms with Gasteiger partial charge in [0.2, 0.25) is 0 Å². The first-order valence-corrected chi connectivity index (χ1v) is 12.6. The van der Waals surface area contributed by atoms with Crippen LogP contribution in [-0.2, 0) is 9.53 Å². The minimum atomic E-state index is -0.0306. The van der Waals surface area contributed by atoms with Crippen LogP contribution in [0.4, 0.5) is 0 Å². The molecule has 4 rings (SSSR count). The molecule has 4 aliphatic rings. The summed E-state index contributed by atoms with van der Waals surface area (Å²) in [5.41, 5.74) is 1.21. The van der Waals surface area contributed by atoms with Gasteiger partial charge in [0.15, 0.2) is 0 Å². The number of ether oxygens (including phenoxy) is 1. The van der Waals surface area contributed by atoms with E-state index in [-0.39, 0.29) is 5.97 Å². The van der Waals surface area contributed by atoms with E-state index in [4.69, 9.17) is 4.74 Å². The molecular weight excluding hydrogens is 344 g/mol. The molecule has 0 radical (unpaired) electrons. The molecule has 0 spiro atoms. The molecule has 0 saturated heterocycles. The van der Waals surface area contributed by atoms with Crippen LogP contribution in [0.2, 0.25) is 0 Å². The second kappa shape index (κ2) is 9.09. The Morgan fingerprint density at radius 1 is 0.893 bits per heavy atom. The fraction of sp³-hybridized carbons (Fsp3) is 0.962. The molecule has 4 aliphatic carbocycles. The Morgan fingerprint density at radius 3 is 2.39 bits per heavy atom. The smallest absolute Gasteiger partial charge is 0.305 e. The van der Waals surface area contributed by atoms with Crippen molar-refractivity contribution in [2.45, 2.75) is 111 Å². The van der Waals surface area contributed by atoms with Crippen molar-refractivity contribution in [3.05, 3.63) is 0 Å². The van der Waals surface area contributed by atoms with E-state index in [2.05, 4.69) is 13.8 Å². The van der Waals surface area contributed by atoms with Gasteiger partial charge in [-0.3, -0.25) is 4.79 Å². The lowest BCUT2D eigenvalue weighted by Gasteiger charge is -2.60. The molecule has 2 nitrogen and oxygen atoms in total. The molecule has 0 bridgehead atoms. The van der Waals surface area contributed by atoms with Gasteiger partial charge in [0.05, 0.1) is 7.11 Å². The van der Waals surface area contributed by atoms with Crippen LogP contribution in [0, 0.1) is 40.4 Å². The lowest BCUT2D eigenvalue weighted by Crippen LogP contribution is -2.52. The first-order valence-electron chi connectivity index (χ1n) is 12.6. The minimum absolute atomic E-state index is 0.0306. The highest BCUT2D eigenvalue weighted by molar-refractivity contribution is 5.68. The first kappa shape index (κ1) is 22.2. The van der Waals surface area contributed by atoms with Crippen LogP contribution >= 0.6 is 0 Å². The molecule has 2 heteroatoms. The Morgan fingerprint density at radius 2 is 1.64 bits per heavy atom. The predicted molar refractivity (Wildman–Crippen MR) is 117 cm³/mol. The van der Waals surface area contributed by atoms with Crippen molar-refractivity contribution in [3.8, 4) is 0 Å². The Kier molecular flexibility index (Phi) is 7.19. The van der Waals surface area contributed by atoms with E-state index in [1.165, 1.54) is 77.7 Å². The van der Waals surface area contributed by atoms with E-state index in [1.54, 1.807) is 0 Å². The normalized spacial score (nSPS) is 44.4. The van der Waals surface area contributed by atoms with Gasteiger partial charge in [-0.2, -0.15) is 0 Å². The number of carbonyl (C=O) groups is 1. The van der Waals surface area contributed by atoms with Crippen molar-refractivity contribution in [2.75, 3.05) is 7.11 Å². The number of hydrogen-bond acceptors (Lipinski definition) is 2. The number of rotatable bonds is 4. The van der Waals surface area contributed by atoms with Crippen LogP contribution in [0.3, 0.4) is 0 Å². The summed E-state index contributed by atoms with van der Waals surface area (Å²) >= 11 is 0. The molecule has 28 heavy (non-hydrogen) atoms. The zero-order valence-electron chi connectivity index (χ0n) is 19.4. The Bertz CT molecular complexity index is 529. The topological polar surface area (TPSA) is 26.3 Å². The standard InChI is InChI=1S/C24H40O2.C2H6/c1-23-15-5-4-7-17(23)10-12-19-20-13-11-18(8-6-9-22(25)26-3)24(20,2)16-14-21(19)23;1-2/h17-21H,4-16H2,1-3H3;1-2H3/t17?,18-,19?,20?,21?,23-,24+;/m0./s1. The van der Waals surface area contributed by atoms with E-state index in [1.807, 2.05) is 13.8 Å². The van der Waals surface area contributed by atoms with Crippen LogP contribution < -0.4 is 0 Å². The summed E-state index contributed by atoms with van der Waals surface area (Å²) in [5, 5.41) is 0. The molecule has 4 saturated carbocycles. The van der Waals surface area contributed by atoms with Crippen molar-refractivity contribution in [2.24, 2.45) is 40.4 Å². The third kappa shape index (κ3) is 3.79. The number of fused-ring (bicyclic) bond motifs is 5. The van der Waals surface area contributed by atoms with Crippen molar-refractivity contribution in [1.82, 2.24) is 0 Å². The van der Waals surface area contributed by atoms with Crippen LogP contribution in [0.25, 0.3) is 0 Å².